The molecule has 2 N–H and O–H groups in total. The van der Waals surface area contributed by atoms with E-state index < -0.39 is 0 Å². The Kier molecular flexibility index (Phi) is 6.04. The average Bonchev–Trinajstić information content (AvgIpc) is 2.39. The van der Waals surface area contributed by atoms with Crippen LogP contribution in [0, 0.1) is 23.2 Å². The molecule has 0 aliphatic rings. The molecule has 4 nitrogen and oxygen atoms in total. The van der Waals surface area contributed by atoms with E-state index in [1.807, 2.05) is 44.2 Å². The molecule has 4 heteroatoms. The second-order valence-corrected chi connectivity index (χ2v) is 4.92. The van der Waals surface area contributed by atoms with Gasteiger partial charge in [0.05, 0.1) is 12.0 Å². The molecule has 1 atom stereocenters. The van der Waals surface area contributed by atoms with Gasteiger partial charge in [0.25, 0.3) is 0 Å². The first kappa shape index (κ1) is 15.2. The van der Waals surface area contributed by atoms with Crippen LogP contribution in [-0.4, -0.2) is 23.9 Å². The molecule has 0 bridgehead atoms. The van der Waals surface area contributed by atoms with Crippen LogP contribution in [0.4, 0.5) is 0 Å². The Bertz CT molecular complexity index is 436. The van der Waals surface area contributed by atoms with Crippen LogP contribution >= 0.6 is 0 Å². The quantitative estimate of drug-likeness (QED) is 0.791. The van der Waals surface area contributed by atoms with E-state index >= 15 is 0 Å². The number of hydrogen-bond donors (Lipinski definition) is 1. The summed E-state index contributed by atoms with van der Waals surface area (Å²) >= 11 is 0. The Morgan fingerprint density at radius 2 is 2.00 bits per heavy atom. The van der Waals surface area contributed by atoms with Crippen LogP contribution in [-0.2, 0) is 11.3 Å². The SMILES string of the molecule is CC(C)C(CN)C(=O)N(CC#N)Cc1ccccc1. The van der Waals surface area contributed by atoms with Crippen molar-refractivity contribution in [2.45, 2.75) is 20.4 Å². The fourth-order valence-electron chi connectivity index (χ4n) is 1.99. The van der Waals surface area contributed by atoms with Gasteiger partial charge in [-0.05, 0) is 11.5 Å². The Labute approximate surface area is 114 Å². The molecule has 0 radical (unpaired) electrons. The van der Waals surface area contributed by atoms with E-state index in [1.54, 1.807) is 4.90 Å². The Morgan fingerprint density at radius 3 is 2.47 bits per heavy atom. The molecule has 0 spiro atoms. The summed E-state index contributed by atoms with van der Waals surface area (Å²) < 4.78 is 0. The van der Waals surface area contributed by atoms with Crippen molar-refractivity contribution in [1.29, 1.82) is 5.26 Å². The highest BCUT2D eigenvalue weighted by Crippen LogP contribution is 2.15. The number of amides is 1. The van der Waals surface area contributed by atoms with Gasteiger partial charge in [0, 0.05) is 13.1 Å². The number of carbonyl (C=O) groups is 1. The number of hydrogen-bond acceptors (Lipinski definition) is 3. The molecule has 19 heavy (non-hydrogen) atoms. The molecule has 0 aliphatic carbocycles. The summed E-state index contributed by atoms with van der Waals surface area (Å²) in [5.74, 6) is -0.0885. The lowest BCUT2D eigenvalue weighted by atomic mass is 9.94. The van der Waals surface area contributed by atoms with Crippen molar-refractivity contribution < 1.29 is 4.79 Å². The molecule has 1 amide bonds. The van der Waals surface area contributed by atoms with E-state index in [-0.39, 0.29) is 24.3 Å². The number of rotatable bonds is 6. The molecule has 0 saturated carbocycles. The van der Waals surface area contributed by atoms with Gasteiger partial charge >= 0.3 is 0 Å². The van der Waals surface area contributed by atoms with Gasteiger partial charge in [0.1, 0.15) is 6.54 Å². The Morgan fingerprint density at radius 1 is 1.37 bits per heavy atom. The summed E-state index contributed by atoms with van der Waals surface area (Å²) in [4.78, 5) is 14.0. The minimum absolute atomic E-state index is 0.0390. The van der Waals surface area contributed by atoms with Gasteiger partial charge in [-0.2, -0.15) is 5.26 Å². The van der Waals surface area contributed by atoms with Crippen LogP contribution in [0.3, 0.4) is 0 Å². The minimum Gasteiger partial charge on any atom is -0.330 e. The van der Waals surface area contributed by atoms with Gasteiger partial charge in [-0.25, -0.2) is 0 Å². The summed E-state index contributed by atoms with van der Waals surface area (Å²) in [6.07, 6.45) is 0. The predicted octanol–water partition coefficient (Wildman–Crippen LogP) is 1.77. The molecule has 0 heterocycles. The fraction of sp³-hybridized carbons (Fsp3) is 0.467. The van der Waals surface area contributed by atoms with Gasteiger partial charge in [0.15, 0.2) is 0 Å². The zero-order chi connectivity index (χ0) is 14.3. The van der Waals surface area contributed by atoms with Crippen molar-refractivity contribution in [3.05, 3.63) is 35.9 Å². The number of nitrogens with zero attached hydrogens (tertiary/aromatic N) is 2. The van der Waals surface area contributed by atoms with Gasteiger partial charge in [-0.3, -0.25) is 4.79 Å². The van der Waals surface area contributed by atoms with Crippen molar-refractivity contribution in [2.24, 2.45) is 17.6 Å². The average molecular weight is 259 g/mol. The van der Waals surface area contributed by atoms with Crippen molar-refractivity contribution in [3.8, 4) is 6.07 Å². The summed E-state index contributed by atoms with van der Waals surface area (Å²) in [6, 6.07) is 11.7. The van der Waals surface area contributed by atoms with Crippen LogP contribution in [0.1, 0.15) is 19.4 Å². The molecular formula is C15H21N3O. The van der Waals surface area contributed by atoms with Gasteiger partial charge in [0.2, 0.25) is 5.91 Å². The Balaban J connectivity index is 2.83. The topological polar surface area (TPSA) is 70.1 Å². The van der Waals surface area contributed by atoms with Crippen molar-refractivity contribution in [3.63, 3.8) is 0 Å². The maximum absolute atomic E-state index is 12.4. The number of benzene rings is 1. The van der Waals surface area contributed by atoms with E-state index in [1.165, 1.54) is 0 Å². The number of carbonyl (C=O) groups excluding carboxylic acids is 1. The lowest BCUT2D eigenvalue weighted by Gasteiger charge is -2.26. The molecule has 1 aromatic rings. The van der Waals surface area contributed by atoms with Crippen molar-refractivity contribution >= 4 is 5.91 Å². The van der Waals surface area contributed by atoms with E-state index in [4.69, 9.17) is 11.0 Å². The number of nitriles is 1. The molecule has 0 aliphatic heterocycles. The van der Waals surface area contributed by atoms with E-state index in [0.717, 1.165) is 5.56 Å². The molecule has 102 valence electrons. The highest BCUT2D eigenvalue weighted by molar-refractivity contribution is 5.79. The van der Waals surface area contributed by atoms with E-state index in [2.05, 4.69) is 6.07 Å². The molecule has 1 rings (SSSR count). The van der Waals surface area contributed by atoms with Gasteiger partial charge in [-0.15, -0.1) is 0 Å². The maximum Gasteiger partial charge on any atom is 0.228 e. The summed E-state index contributed by atoms with van der Waals surface area (Å²) in [5.41, 5.74) is 6.69. The second kappa shape index (κ2) is 7.55. The molecule has 0 saturated heterocycles. The first-order chi connectivity index (χ1) is 9.10. The summed E-state index contributed by atoms with van der Waals surface area (Å²) in [6.45, 7) is 4.81. The van der Waals surface area contributed by atoms with Gasteiger partial charge < -0.3 is 10.6 Å². The largest absolute Gasteiger partial charge is 0.330 e. The standard InChI is InChI=1S/C15H21N3O/c1-12(2)14(10-17)15(19)18(9-8-16)11-13-6-4-3-5-7-13/h3-7,12,14H,9-11,17H2,1-2H3. The zero-order valence-corrected chi connectivity index (χ0v) is 11.5. The van der Waals surface area contributed by atoms with Crippen LogP contribution in [0.15, 0.2) is 30.3 Å². The van der Waals surface area contributed by atoms with Crippen LogP contribution < -0.4 is 5.73 Å². The molecule has 0 fully saturated rings. The highest BCUT2D eigenvalue weighted by Gasteiger charge is 2.25. The monoisotopic (exact) mass is 259 g/mol. The molecular weight excluding hydrogens is 238 g/mol. The first-order valence-corrected chi connectivity index (χ1v) is 6.49. The predicted molar refractivity (Wildman–Crippen MR) is 74.9 cm³/mol. The van der Waals surface area contributed by atoms with E-state index in [9.17, 15) is 4.79 Å². The van der Waals surface area contributed by atoms with Crippen LogP contribution in [0.5, 0.6) is 0 Å². The summed E-state index contributed by atoms with van der Waals surface area (Å²) in [7, 11) is 0. The lowest BCUT2D eigenvalue weighted by Crippen LogP contribution is -2.41. The van der Waals surface area contributed by atoms with Gasteiger partial charge in [-0.1, -0.05) is 44.2 Å². The highest BCUT2D eigenvalue weighted by atomic mass is 16.2. The molecule has 1 unspecified atom stereocenters. The third-order valence-electron chi connectivity index (χ3n) is 3.17. The zero-order valence-electron chi connectivity index (χ0n) is 11.5. The molecule has 0 aromatic heterocycles. The normalized spacial score (nSPS) is 11.9. The van der Waals surface area contributed by atoms with E-state index in [0.29, 0.717) is 13.1 Å². The Hall–Kier alpha value is -1.86. The van der Waals surface area contributed by atoms with Crippen molar-refractivity contribution in [2.75, 3.05) is 13.1 Å². The third kappa shape index (κ3) is 4.38. The smallest absolute Gasteiger partial charge is 0.228 e. The third-order valence-corrected chi connectivity index (χ3v) is 3.17. The lowest BCUT2D eigenvalue weighted by molar-refractivity contribution is -0.136. The number of nitrogens with two attached hydrogens (primary N) is 1. The second-order valence-electron chi connectivity index (χ2n) is 4.92. The first-order valence-electron chi connectivity index (χ1n) is 6.49. The minimum atomic E-state index is -0.225. The maximum atomic E-state index is 12.4. The summed E-state index contributed by atoms with van der Waals surface area (Å²) in [5, 5.41) is 8.88. The van der Waals surface area contributed by atoms with Crippen LogP contribution in [0.25, 0.3) is 0 Å². The van der Waals surface area contributed by atoms with Crippen LogP contribution in [0.2, 0.25) is 0 Å². The fourth-order valence-corrected chi connectivity index (χ4v) is 1.99. The molecule has 1 aromatic carbocycles. The van der Waals surface area contributed by atoms with Crippen molar-refractivity contribution in [1.82, 2.24) is 4.90 Å².